The second-order valence-electron chi connectivity index (χ2n) is 6.73. The van der Waals surface area contributed by atoms with Crippen molar-refractivity contribution in [2.45, 2.75) is 23.6 Å². The number of esters is 1. The Hall–Kier alpha value is -2.77. The van der Waals surface area contributed by atoms with Gasteiger partial charge < -0.3 is 9.30 Å². The zero-order valence-corrected chi connectivity index (χ0v) is 18.2. The van der Waals surface area contributed by atoms with Crippen LogP contribution in [0.3, 0.4) is 0 Å². The van der Waals surface area contributed by atoms with Crippen molar-refractivity contribution in [2.75, 3.05) is 6.61 Å². The molecule has 0 radical (unpaired) electrons. The molecule has 0 atom stereocenters. The molecule has 0 N–H and O–H groups in total. The van der Waals surface area contributed by atoms with Crippen molar-refractivity contribution in [3.05, 3.63) is 70.9 Å². The number of halogens is 2. The quantitative estimate of drug-likeness (QED) is 0.366. The average molecular weight is 444 g/mol. The van der Waals surface area contributed by atoms with E-state index in [0.717, 1.165) is 26.6 Å². The highest BCUT2D eigenvalue weighted by Gasteiger charge is 2.22. The molecule has 0 aliphatic heterocycles. The lowest BCUT2D eigenvalue weighted by Gasteiger charge is -2.07. The number of rotatable bonds is 5. The van der Waals surface area contributed by atoms with E-state index in [1.165, 1.54) is 11.8 Å². The van der Waals surface area contributed by atoms with Gasteiger partial charge in [-0.1, -0.05) is 29.4 Å². The Balaban J connectivity index is 1.87. The molecule has 2 aromatic carbocycles. The molecule has 0 unspecified atom stereocenters. The van der Waals surface area contributed by atoms with Crippen molar-refractivity contribution < 1.29 is 13.9 Å². The molecule has 0 fully saturated rings. The topological polar surface area (TPSA) is 49.1 Å². The van der Waals surface area contributed by atoms with Gasteiger partial charge >= 0.3 is 5.97 Å². The Labute approximate surface area is 182 Å². The van der Waals surface area contributed by atoms with E-state index in [2.05, 4.69) is 5.10 Å². The molecular formula is C22H19ClFN3O2S. The Morgan fingerprint density at radius 3 is 2.80 bits per heavy atom. The van der Waals surface area contributed by atoms with Gasteiger partial charge in [0.25, 0.3) is 0 Å². The van der Waals surface area contributed by atoms with Crippen molar-refractivity contribution in [3.63, 3.8) is 0 Å². The van der Waals surface area contributed by atoms with Crippen LogP contribution in [0.5, 0.6) is 0 Å². The molecule has 0 bridgehead atoms. The number of aromatic nitrogens is 3. The molecule has 8 heteroatoms. The van der Waals surface area contributed by atoms with Crippen molar-refractivity contribution in [1.82, 2.24) is 14.3 Å². The van der Waals surface area contributed by atoms with E-state index >= 15 is 4.39 Å². The number of carbonyl (C=O) groups is 1. The lowest BCUT2D eigenvalue weighted by molar-refractivity contribution is 0.0526. The SMILES string of the molecule is CCOC(=O)c1cccc(Sc2c(C)n(-c3cnn(C)c3)c3c(F)c(Cl)ccc23)c1. The van der Waals surface area contributed by atoms with Crippen LogP contribution < -0.4 is 0 Å². The minimum Gasteiger partial charge on any atom is -0.462 e. The van der Waals surface area contributed by atoms with Gasteiger partial charge in [-0.15, -0.1) is 0 Å². The second-order valence-corrected chi connectivity index (χ2v) is 8.22. The van der Waals surface area contributed by atoms with Gasteiger partial charge in [-0.05, 0) is 44.2 Å². The first kappa shape index (κ1) is 20.5. The largest absolute Gasteiger partial charge is 0.462 e. The van der Waals surface area contributed by atoms with E-state index < -0.39 is 5.82 Å². The van der Waals surface area contributed by atoms with Gasteiger partial charge in [-0.25, -0.2) is 9.18 Å². The smallest absolute Gasteiger partial charge is 0.338 e. The van der Waals surface area contributed by atoms with E-state index in [0.29, 0.717) is 17.7 Å². The molecule has 0 amide bonds. The number of hydrogen-bond acceptors (Lipinski definition) is 4. The number of carbonyl (C=O) groups excluding carboxylic acids is 1. The minimum absolute atomic E-state index is 0.0611. The van der Waals surface area contributed by atoms with Crippen LogP contribution in [0, 0.1) is 12.7 Å². The highest BCUT2D eigenvalue weighted by Crippen LogP contribution is 2.41. The third-order valence-corrected chi connectivity index (χ3v) is 6.22. The number of benzene rings is 2. The molecule has 0 saturated heterocycles. The summed E-state index contributed by atoms with van der Waals surface area (Å²) in [7, 11) is 1.81. The van der Waals surface area contributed by atoms with Gasteiger partial charge in [-0.2, -0.15) is 5.10 Å². The molecule has 0 spiro atoms. The maximum atomic E-state index is 15.1. The third kappa shape index (κ3) is 3.59. The zero-order chi connectivity index (χ0) is 21.4. The maximum Gasteiger partial charge on any atom is 0.338 e. The van der Waals surface area contributed by atoms with E-state index in [1.807, 2.05) is 42.9 Å². The molecule has 0 saturated carbocycles. The van der Waals surface area contributed by atoms with Crippen LogP contribution >= 0.6 is 23.4 Å². The Morgan fingerprint density at radius 2 is 2.10 bits per heavy atom. The average Bonchev–Trinajstić information content (AvgIpc) is 3.27. The minimum atomic E-state index is -0.478. The van der Waals surface area contributed by atoms with E-state index in [9.17, 15) is 4.79 Å². The summed E-state index contributed by atoms with van der Waals surface area (Å²) in [4.78, 5) is 13.8. The van der Waals surface area contributed by atoms with Crippen LogP contribution in [-0.2, 0) is 11.8 Å². The predicted octanol–water partition coefficient (Wildman–Crippen LogP) is 5.79. The van der Waals surface area contributed by atoms with Crippen molar-refractivity contribution in [3.8, 4) is 5.69 Å². The second kappa shape index (κ2) is 8.16. The molecule has 5 nitrogen and oxygen atoms in total. The van der Waals surface area contributed by atoms with Gasteiger partial charge in [0, 0.05) is 34.1 Å². The summed E-state index contributed by atoms with van der Waals surface area (Å²) < 4.78 is 23.7. The summed E-state index contributed by atoms with van der Waals surface area (Å²) >= 11 is 7.56. The van der Waals surface area contributed by atoms with Crippen LogP contribution in [0.15, 0.2) is 58.6 Å². The zero-order valence-electron chi connectivity index (χ0n) is 16.6. The first-order valence-corrected chi connectivity index (χ1v) is 10.5. The van der Waals surface area contributed by atoms with Crippen LogP contribution in [0.1, 0.15) is 23.0 Å². The van der Waals surface area contributed by atoms with Crippen molar-refractivity contribution >= 4 is 40.2 Å². The van der Waals surface area contributed by atoms with E-state index in [-0.39, 0.29) is 11.0 Å². The molecule has 0 aliphatic rings. The molecule has 154 valence electrons. The number of fused-ring (bicyclic) bond motifs is 1. The number of aryl methyl sites for hydroxylation is 1. The van der Waals surface area contributed by atoms with Gasteiger partial charge in [0.15, 0.2) is 5.82 Å². The molecule has 2 aromatic heterocycles. The lowest BCUT2D eigenvalue weighted by atomic mass is 10.2. The van der Waals surface area contributed by atoms with Crippen LogP contribution in [-0.4, -0.2) is 26.9 Å². The van der Waals surface area contributed by atoms with Crippen molar-refractivity contribution in [2.24, 2.45) is 7.05 Å². The van der Waals surface area contributed by atoms with Crippen molar-refractivity contribution in [1.29, 1.82) is 0 Å². The highest BCUT2D eigenvalue weighted by molar-refractivity contribution is 7.99. The number of hydrogen-bond donors (Lipinski definition) is 0. The Kier molecular flexibility index (Phi) is 5.58. The fourth-order valence-electron chi connectivity index (χ4n) is 3.40. The van der Waals surface area contributed by atoms with E-state index in [4.69, 9.17) is 16.3 Å². The summed E-state index contributed by atoms with van der Waals surface area (Å²) in [6.45, 7) is 4.01. The lowest BCUT2D eigenvalue weighted by Crippen LogP contribution is -2.04. The molecule has 0 aliphatic carbocycles. The Morgan fingerprint density at radius 1 is 1.30 bits per heavy atom. The molecule has 30 heavy (non-hydrogen) atoms. The normalized spacial score (nSPS) is 11.2. The fourth-order valence-corrected chi connectivity index (χ4v) is 4.63. The third-order valence-electron chi connectivity index (χ3n) is 4.72. The summed E-state index contributed by atoms with van der Waals surface area (Å²) in [5, 5.41) is 5.02. The van der Waals surface area contributed by atoms with Gasteiger partial charge in [0.1, 0.15) is 0 Å². The Bertz CT molecular complexity index is 1260. The van der Waals surface area contributed by atoms with Crippen LogP contribution in [0.2, 0.25) is 5.02 Å². The molecule has 4 rings (SSSR count). The highest BCUT2D eigenvalue weighted by atomic mass is 35.5. The molecule has 2 heterocycles. The first-order valence-electron chi connectivity index (χ1n) is 9.33. The fraction of sp³-hybridized carbons (Fsp3) is 0.182. The summed E-state index contributed by atoms with van der Waals surface area (Å²) in [5.74, 6) is -0.847. The van der Waals surface area contributed by atoms with Gasteiger partial charge in [0.2, 0.25) is 0 Å². The van der Waals surface area contributed by atoms with Crippen LogP contribution in [0.4, 0.5) is 4.39 Å². The monoisotopic (exact) mass is 443 g/mol. The summed E-state index contributed by atoms with van der Waals surface area (Å²) in [6, 6.07) is 10.6. The first-order chi connectivity index (χ1) is 14.4. The van der Waals surface area contributed by atoms with Crippen LogP contribution in [0.25, 0.3) is 16.6 Å². The number of ether oxygens (including phenoxy) is 1. The molecule has 4 aromatic rings. The molecular weight excluding hydrogens is 425 g/mol. The number of nitrogens with zero attached hydrogens (tertiary/aromatic N) is 3. The van der Waals surface area contributed by atoms with Gasteiger partial charge in [0.05, 0.1) is 34.6 Å². The maximum absolute atomic E-state index is 15.1. The predicted molar refractivity (Wildman–Crippen MR) is 116 cm³/mol. The van der Waals surface area contributed by atoms with E-state index in [1.54, 1.807) is 36.0 Å². The standard InChI is InChI=1S/C22H19ClFN3O2S/c1-4-29-22(28)14-6-5-7-16(10-14)30-21-13(2)27(15-11-25-26(3)12-15)20-17(21)8-9-18(23)19(20)24/h5-12H,4H2,1-3H3. The summed E-state index contributed by atoms with van der Waals surface area (Å²) in [5.41, 5.74) is 2.47. The summed E-state index contributed by atoms with van der Waals surface area (Å²) in [6.07, 6.45) is 3.51. The van der Waals surface area contributed by atoms with Gasteiger partial charge in [-0.3, -0.25) is 4.68 Å².